The lowest BCUT2D eigenvalue weighted by atomic mass is 10.0. The molecule has 0 saturated heterocycles. The van der Waals surface area contributed by atoms with Crippen molar-refractivity contribution in [1.29, 1.82) is 0 Å². The number of hydrogen-bond donors (Lipinski definition) is 2. The Bertz CT molecular complexity index is 1590. The number of carbonyl (C=O) groups is 1. The average molecular weight is 608 g/mol. The fourth-order valence-electron chi connectivity index (χ4n) is 4.95. The van der Waals surface area contributed by atoms with Crippen LogP contribution in [0.5, 0.6) is 0 Å². The molecule has 0 radical (unpaired) electrons. The van der Waals surface area contributed by atoms with E-state index in [2.05, 4.69) is 44.4 Å². The number of fused-ring (bicyclic) bond motifs is 1. The Morgan fingerprint density at radius 3 is 2.52 bits per heavy atom. The maximum absolute atomic E-state index is 13.9. The molecule has 2 heterocycles. The van der Waals surface area contributed by atoms with Gasteiger partial charge in [-0.05, 0) is 75.7 Å². The highest BCUT2D eigenvalue weighted by Gasteiger charge is 2.33. The molecular weight excluding hydrogens is 567 g/mol. The molecular formula is C33H40F3N7O. The summed E-state index contributed by atoms with van der Waals surface area (Å²) in [7, 11) is 5.77. The molecule has 1 amide bonds. The van der Waals surface area contributed by atoms with Crippen molar-refractivity contribution >= 4 is 23.2 Å². The Morgan fingerprint density at radius 1 is 1.05 bits per heavy atom. The third-order valence-corrected chi connectivity index (χ3v) is 7.53. The standard InChI is InChI=1S/C33H40F3N7O/c1-7-17-42(6)18-16-37-21-27-12-14-28(20-29(27)33(34,35)36)38-31(44)26-9-8-22(2)25(19-26)11-10-24-13-15-30-39-32(41(4)5)40-43(30)23(24)3/h8-9,12,14,19-20,37H,7,13,15-18,21H2,1-6H3,(H,38,44). The second-order valence-electron chi connectivity index (χ2n) is 11.3. The molecule has 1 aromatic heterocycles. The summed E-state index contributed by atoms with van der Waals surface area (Å²) >= 11 is 0. The van der Waals surface area contributed by atoms with Crippen molar-refractivity contribution in [2.24, 2.45) is 0 Å². The van der Waals surface area contributed by atoms with Gasteiger partial charge < -0.3 is 20.4 Å². The number of aromatic nitrogens is 3. The second kappa shape index (κ2) is 14.1. The lowest BCUT2D eigenvalue weighted by Crippen LogP contribution is -2.30. The summed E-state index contributed by atoms with van der Waals surface area (Å²) in [4.78, 5) is 21.7. The summed E-state index contributed by atoms with van der Waals surface area (Å²) in [6.07, 6.45) is -2.10. The first-order valence-corrected chi connectivity index (χ1v) is 14.7. The number of hydrogen-bond acceptors (Lipinski definition) is 6. The van der Waals surface area contributed by atoms with E-state index in [1.165, 1.54) is 12.1 Å². The van der Waals surface area contributed by atoms with E-state index < -0.39 is 17.6 Å². The number of allylic oxidation sites excluding steroid dienone is 2. The van der Waals surface area contributed by atoms with Gasteiger partial charge in [0.15, 0.2) is 0 Å². The highest BCUT2D eigenvalue weighted by molar-refractivity contribution is 6.04. The number of aryl methyl sites for hydroxylation is 2. The number of benzene rings is 2. The topological polar surface area (TPSA) is 78.3 Å². The Labute approximate surface area is 257 Å². The van der Waals surface area contributed by atoms with Crippen LogP contribution < -0.4 is 15.5 Å². The van der Waals surface area contributed by atoms with E-state index in [0.717, 1.165) is 54.7 Å². The van der Waals surface area contributed by atoms with Gasteiger partial charge in [-0.3, -0.25) is 4.79 Å². The molecule has 11 heteroatoms. The first-order chi connectivity index (χ1) is 20.9. The van der Waals surface area contributed by atoms with Gasteiger partial charge in [0, 0.05) is 62.5 Å². The van der Waals surface area contributed by atoms with Gasteiger partial charge in [-0.2, -0.15) is 18.2 Å². The fourth-order valence-corrected chi connectivity index (χ4v) is 4.95. The van der Waals surface area contributed by atoms with Gasteiger partial charge in [-0.25, -0.2) is 4.68 Å². The highest BCUT2D eigenvalue weighted by atomic mass is 19.4. The molecule has 0 fully saturated rings. The molecule has 0 saturated carbocycles. The van der Waals surface area contributed by atoms with Crippen molar-refractivity contribution in [3.8, 4) is 11.8 Å². The minimum atomic E-state index is -4.56. The van der Waals surface area contributed by atoms with Crippen molar-refractivity contribution < 1.29 is 18.0 Å². The fraction of sp³-hybridized carbons (Fsp3) is 0.424. The quantitative estimate of drug-likeness (QED) is 0.231. The lowest BCUT2D eigenvalue weighted by molar-refractivity contribution is -0.138. The van der Waals surface area contributed by atoms with Crippen LogP contribution in [-0.2, 0) is 19.1 Å². The van der Waals surface area contributed by atoms with Crippen LogP contribution in [0.25, 0.3) is 5.70 Å². The Morgan fingerprint density at radius 2 is 1.82 bits per heavy atom. The third-order valence-electron chi connectivity index (χ3n) is 7.53. The molecule has 0 unspecified atom stereocenters. The maximum atomic E-state index is 13.9. The van der Waals surface area contributed by atoms with E-state index in [9.17, 15) is 18.0 Å². The van der Waals surface area contributed by atoms with Crippen molar-refractivity contribution in [3.63, 3.8) is 0 Å². The summed E-state index contributed by atoms with van der Waals surface area (Å²) in [6.45, 7) is 8.26. The summed E-state index contributed by atoms with van der Waals surface area (Å²) in [6, 6.07) is 9.00. The molecule has 4 rings (SSSR count). The molecule has 0 atom stereocenters. The van der Waals surface area contributed by atoms with E-state index in [1.54, 1.807) is 18.2 Å². The van der Waals surface area contributed by atoms with Crippen molar-refractivity contribution in [2.75, 3.05) is 51.0 Å². The Balaban J connectivity index is 1.49. The monoisotopic (exact) mass is 607 g/mol. The predicted octanol–water partition coefficient (Wildman–Crippen LogP) is 5.58. The molecule has 234 valence electrons. The minimum absolute atomic E-state index is 0.0747. The molecule has 2 N–H and O–H groups in total. The zero-order valence-electron chi connectivity index (χ0n) is 26.2. The first-order valence-electron chi connectivity index (χ1n) is 14.7. The van der Waals surface area contributed by atoms with Gasteiger partial charge in [0.2, 0.25) is 5.95 Å². The van der Waals surface area contributed by atoms with Gasteiger partial charge in [-0.1, -0.05) is 30.9 Å². The minimum Gasteiger partial charge on any atom is -0.346 e. The number of likely N-dealkylation sites (N-methyl/N-ethyl adjacent to an activating group) is 1. The molecule has 2 aromatic carbocycles. The highest BCUT2D eigenvalue weighted by Crippen LogP contribution is 2.34. The summed E-state index contributed by atoms with van der Waals surface area (Å²) in [5.74, 6) is 7.46. The molecule has 0 bridgehead atoms. The number of carbonyl (C=O) groups excluding carboxylic acids is 1. The second-order valence-corrected chi connectivity index (χ2v) is 11.3. The van der Waals surface area contributed by atoms with Crippen LogP contribution in [0.3, 0.4) is 0 Å². The zero-order valence-corrected chi connectivity index (χ0v) is 26.2. The van der Waals surface area contributed by atoms with E-state index >= 15 is 0 Å². The number of alkyl halides is 3. The van der Waals surface area contributed by atoms with Gasteiger partial charge in [-0.15, -0.1) is 5.10 Å². The van der Waals surface area contributed by atoms with Crippen LogP contribution in [0.15, 0.2) is 42.0 Å². The van der Waals surface area contributed by atoms with Crippen molar-refractivity contribution in [1.82, 2.24) is 25.0 Å². The van der Waals surface area contributed by atoms with E-state index in [1.807, 2.05) is 44.6 Å². The molecule has 44 heavy (non-hydrogen) atoms. The van der Waals surface area contributed by atoms with Crippen LogP contribution in [-0.4, -0.2) is 66.3 Å². The van der Waals surface area contributed by atoms with E-state index in [4.69, 9.17) is 0 Å². The van der Waals surface area contributed by atoms with Gasteiger partial charge in [0.05, 0.1) is 11.3 Å². The Hall–Kier alpha value is -4.14. The van der Waals surface area contributed by atoms with Gasteiger partial charge in [0.25, 0.3) is 5.91 Å². The van der Waals surface area contributed by atoms with Gasteiger partial charge in [0.1, 0.15) is 5.82 Å². The van der Waals surface area contributed by atoms with Crippen LogP contribution in [0, 0.1) is 18.8 Å². The molecule has 3 aromatic rings. The maximum Gasteiger partial charge on any atom is 0.416 e. The first kappa shape index (κ1) is 32.8. The number of anilines is 2. The number of amides is 1. The van der Waals surface area contributed by atoms with Crippen LogP contribution >= 0.6 is 0 Å². The summed E-state index contributed by atoms with van der Waals surface area (Å²) in [5, 5.41) is 10.3. The van der Waals surface area contributed by atoms with Crippen LogP contribution in [0.1, 0.15) is 65.1 Å². The van der Waals surface area contributed by atoms with Crippen molar-refractivity contribution in [3.05, 3.63) is 75.6 Å². The SMILES string of the molecule is CCCN(C)CCNCc1ccc(NC(=O)c2ccc(C)c(C#CC3=C(C)n4nc(N(C)C)nc4CC3)c2)cc1C(F)(F)F. The van der Waals surface area contributed by atoms with Gasteiger partial charge >= 0.3 is 6.18 Å². The zero-order chi connectivity index (χ0) is 32.0. The smallest absolute Gasteiger partial charge is 0.346 e. The number of nitrogens with zero attached hydrogens (tertiary/aromatic N) is 5. The summed E-state index contributed by atoms with van der Waals surface area (Å²) < 4.78 is 43.6. The molecule has 0 aliphatic carbocycles. The normalized spacial score (nSPS) is 13.0. The molecule has 8 nitrogen and oxygen atoms in total. The molecule has 0 spiro atoms. The predicted molar refractivity (Wildman–Crippen MR) is 169 cm³/mol. The number of nitrogens with one attached hydrogen (secondary N) is 2. The van der Waals surface area contributed by atoms with E-state index in [0.29, 0.717) is 30.0 Å². The summed E-state index contributed by atoms with van der Waals surface area (Å²) in [5.41, 5.74) is 3.13. The largest absolute Gasteiger partial charge is 0.416 e. The van der Waals surface area contributed by atoms with Crippen LogP contribution in [0.4, 0.5) is 24.8 Å². The number of rotatable bonds is 10. The van der Waals surface area contributed by atoms with E-state index in [-0.39, 0.29) is 17.8 Å². The van der Waals surface area contributed by atoms with Crippen LogP contribution in [0.2, 0.25) is 0 Å². The van der Waals surface area contributed by atoms with Crippen molar-refractivity contribution in [2.45, 2.75) is 52.8 Å². The molecule has 1 aliphatic heterocycles. The molecule has 1 aliphatic rings. The number of halogens is 3. The third kappa shape index (κ3) is 8.07. The lowest BCUT2D eigenvalue weighted by Gasteiger charge is -2.18. The Kier molecular flexibility index (Phi) is 10.5. The average Bonchev–Trinajstić information content (AvgIpc) is 3.42.